The van der Waals surface area contributed by atoms with Crippen molar-refractivity contribution in [3.05, 3.63) is 108 Å². The van der Waals surface area contributed by atoms with Crippen molar-refractivity contribution in [2.24, 2.45) is 0 Å². The molecule has 0 saturated carbocycles. The molecule has 3 rings (SSSR count). The number of hydrogen-bond donors (Lipinski definition) is 0. The average molecular weight is 342 g/mol. The quantitative estimate of drug-likeness (QED) is 0.490. The molecule has 0 radical (unpaired) electrons. The van der Waals surface area contributed by atoms with Gasteiger partial charge in [0.1, 0.15) is 24.7 Å². The van der Waals surface area contributed by atoms with E-state index in [1.54, 1.807) is 0 Å². The normalized spacial score (nSPS) is 10.2. The monoisotopic (exact) mass is 342 g/mol. The Kier molecular flexibility index (Phi) is 5.89. The van der Waals surface area contributed by atoms with Gasteiger partial charge in [-0.3, -0.25) is 0 Å². The van der Waals surface area contributed by atoms with Gasteiger partial charge in [-0.05, 0) is 46.5 Å². The molecular formula is C24H22O2. The molecule has 0 aliphatic heterocycles. The zero-order chi connectivity index (χ0) is 18.2. The molecule has 0 fully saturated rings. The second-order valence-corrected chi connectivity index (χ2v) is 5.85. The van der Waals surface area contributed by atoms with E-state index in [1.807, 2.05) is 84.9 Å². The first-order valence-corrected chi connectivity index (χ1v) is 8.56. The summed E-state index contributed by atoms with van der Waals surface area (Å²) >= 11 is 0. The molecule has 0 heterocycles. The van der Waals surface area contributed by atoms with Crippen LogP contribution in [-0.4, -0.2) is 0 Å². The van der Waals surface area contributed by atoms with Gasteiger partial charge in [-0.1, -0.05) is 73.8 Å². The van der Waals surface area contributed by atoms with Crippen LogP contribution in [0, 0.1) is 0 Å². The fourth-order valence-electron chi connectivity index (χ4n) is 2.68. The lowest BCUT2D eigenvalue weighted by Crippen LogP contribution is -1.99. The standard InChI is InChI=1S/C24H22O2/c1-3-19-9-5-7-11-21(19)17-25-23-13-15-24(16-14-23)26-18-22-12-8-6-10-20(22)4-2/h3-16H,1-2,17-18H2. The topological polar surface area (TPSA) is 18.5 Å². The van der Waals surface area contributed by atoms with E-state index in [0.29, 0.717) is 13.2 Å². The van der Waals surface area contributed by atoms with E-state index >= 15 is 0 Å². The Labute approximate surface area is 155 Å². The fourth-order valence-corrected chi connectivity index (χ4v) is 2.68. The van der Waals surface area contributed by atoms with E-state index in [1.165, 1.54) is 0 Å². The van der Waals surface area contributed by atoms with Gasteiger partial charge in [-0.25, -0.2) is 0 Å². The minimum atomic E-state index is 0.509. The molecule has 0 unspecified atom stereocenters. The smallest absolute Gasteiger partial charge is 0.120 e. The van der Waals surface area contributed by atoms with Crippen LogP contribution in [-0.2, 0) is 13.2 Å². The van der Waals surface area contributed by atoms with Crippen LogP contribution in [0.15, 0.2) is 86.0 Å². The number of hydrogen-bond acceptors (Lipinski definition) is 2. The van der Waals surface area contributed by atoms with Gasteiger partial charge in [0, 0.05) is 0 Å². The number of ether oxygens (including phenoxy) is 2. The summed E-state index contributed by atoms with van der Waals surface area (Å²) in [6.45, 7) is 8.69. The van der Waals surface area contributed by atoms with Crippen LogP contribution in [0.25, 0.3) is 12.2 Å². The molecule has 0 aromatic heterocycles. The lowest BCUT2D eigenvalue weighted by Gasteiger charge is -2.11. The van der Waals surface area contributed by atoms with Gasteiger partial charge in [0.05, 0.1) is 0 Å². The molecule has 26 heavy (non-hydrogen) atoms. The lowest BCUT2D eigenvalue weighted by molar-refractivity contribution is 0.297. The Morgan fingerprint density at radius 2 is 0.962 bits per heavy atom. The molecule has 0 bridgehead atoms. The number of benzene rings is 3. The SMILES string of the molecule is C=Cc1ccccc1COc1ccc(OCc2ccccc2C=C)cc1. The third kappa shape index (κ3) is 4.42. The summed E-state index contributed by atoms with van der Waals surface area (Å²) in [5.74, 6) is 1.62. The summed E-state index contributed by atoms with van der Waals surface area (Å²) in [5.41, 5.74) is 4.41. The van der Waals surface area contributed by atoms with Crippen LogP contribution in [0.2, 0.25) is 0 Å². The lowest BCUT2D eigenvalue weighted by atomic mass is 10.1. The molecule has 0 atom stereocenters. The highest BCUT2D eigenvalue weighted by Crippen LogP contribution is 2.21. The predicted octanol–water partition coefficient (Wildman–Crippen LogP) is 6.13. The van der Waals surface area contributed by atoms with Crippen molar-refractivity contribution in [3.8, 4) is 11.5 Å². The molecule has 0 N–H and O–H groups in total. The number of rotatable bonds is 8. The fraction of sp³-hybridized carbons (Fsp3) is 0.0833. The largest absolute Gasteiger partial charge is 0.489 e. The molecule has 0 amide bonds. The Balaban J connectivity index is 1.58. The molecule has 3 aromatic carbocycles. The Bertz CT molecular complexity index is 804. The van der Waals surface area contributed by atoms with Crippen LogP contribution in [0.5, 0.6) is 11.5 Å². The van der Waals surface area contributed by atoms with E-state index in [2.05, 4.69) is 13.2 Å². The summed E-state index contributed by atoms with van der Waals surface area (Å²) in [4.78, 5) is 0. The maximum absolute atomic E-state index is 5.87. The zero-order valence-electron chi connectivity index (χ0n) is 14.7. The predicted molar refractivity (Wildman–Crippen MR) is 108 cm³/mol. The minimum absolute atomic E-state index is 0.509. The average Bonchev–Trinajstić information content (AvgIpc) is 2.72. The first kappa shape index (κ1) is 17.6. The van der Waals surface area contributed by atoms with Crippen LogP contribution < -0.4 is 9.47 Å². The zero-order valence-corrected chi connectivity index (χ0v) is 14.7. The third-order valence-corrected chi connectivity index (χ3v) is 4.16. The molecule has 2 nitrogen and oxygen atoms in total. The highest BCUT2D eigenvalue weighted by molar-refractivity contribution is 5.52. The van der Waals surface area contributed by atoms with Crippen molar-refractivity contribution in [2.45, 2.75) is 13.2 Å². The minimum Gasteiger partial charge on any atom is -0.489 e. The van der Waals surface area contributed by atoms with Gasteiger partial charge in [-0.2, -0.15) is 0 Å². The van der Waals surface area contributed by atoms with Crippen molar-refractivity contribution < 1.29 is 9.47 Å². The summed E-state index contributed by atoms with van der Waals surface area (Å²) in [6, 6.07) is 23.8. The van der Waals surface area contributed by atoms with Crippen molar-refractivity contribution in [1.82, 2.24) is 0 Å². The van der Waals surface area contributed by atoms with E-state index < -0.39 is 0 Å². The van der Waals surface area contributed by atoms with Crippen molar-refractivity contribution in [1.29, 1.82) is 0 Å². The van der Waals surface area contributed by atoms with Crippen LogP contribution >= 0.6 is 0 Å². The molecule has 3 aromatic rings. The van der Waals surface area contributed by atoms with Gasteiger partial charge in [0.2, 0.25) is 0 Å². The van der Waals surface area contributed by atoms with E-state index in [0.717, 1.165) is 33.8 Å². The molecule has 130 valence electrons. The first-order valence-electron chi connectivity index (χ1n) is 8.56. The van der Waals surface area contributed by atoms with Gasteiger partial charge >= 0.3 is 0 Å². The van der Waals surface area contributed by atoms with Gasteiger partial charge in [0.15, 0.2) is 0 Å². The molecule has 0 saturated heterocycles. The van der Waals surface area contributed by atoms with Gasteiger partial charge in [0.25, 0.3) is 0 Å². The van der Waals surface area contributed by atoms with E-state index in [4.69, 9.17) is 9.47 Å². The summed E-state index contributed by atoms with van der Waals surface area (Å²) < 4.78 is 11.7. The maximum Gasteiger partial charge on any atom is 0.120 e. The second-order valence-electron chi connectivity index (χ2n) is 5.85. The highest BCUT2D eigenvalue weighted by Gasteiger charge is 2.02. The Morgan fingerprint density at radius 3 is 1.35 bits per heavy atom. The van der Waals surface area contributed by atoms with Crippen LogP contribution in [0.4, 0.5) is 0 Å². The first-order chi connectivity index (χ1) is 12.8. The molecule has 2 heteroatoms. The van der Waals surface area contributed by atoms with Crippen molar-refractivity contribution in [2.75, 3.05) is 0 Å². The summed E-state index contributed by atoms with van der Waals surface area (Å²) in [7, 11) is 0. The second kappa shape index (κ2) is 8.72. The summed E-state index contributed by atoms with van der Waals surface area (Å²) in [5, 5.41) is 0. The highest BCUT2D eigenvalue weighted by atomic mass is 16.5. The Morgan fingerprint density at radius 1 is 0.577 bits per heavy atom. The Hall–Kier alpha value is -3.26. The molecule has 0 spiro atoms. The molecule has 0 aliphatic rings. The van der Waals surface area contributed by atoms with Crippen LogP contribution in [0.3, 0.4) is 0 Å². The summed E-state index contributed by atoms with van der Waals surface area (Å²) in [6.07, 6.45) is 3.69. The molecular weight excluding hydrogens is 320 g/mol. The van der Waals surface area contributed by atoms with Crippen molar-refractivity contribution in [3.63, 3.8) is 0 Å². The van der Waals surface area contributed by atoms with Gasteiger partial charge < -0.3 is 9.47 Å². The third-order valence-electron chi connectivity index (χ3n) is 4.16. The van der Waals surface area contributed by atoms with Crippen LogP contribution in [0.1, 0.15) is 22.3 Å². The molecule has 0 aliphatic carbocycles. The van der Waals surface area contributed by atoms with Gasteiger partial charge in [-0.15, -0.1) is 0 Å². The van der Waals surface area contributed by atoms with E-state index in [-0.39, 0.29) is 0 Å². The maximum atomic E-state index is 5.87. The van der Waals surface area contributed by atoms with E-state index in [9.17, 15) is 0 Å². The van der Waals surface area contributed by atoms with Crippen molar-refractivity contribution >= 4 is 12.2 Å².